The summed E-state index contributed by atoms with van der Waals surface area (Å²) in [6, 6.07) is 11.2. The Kier molecular flexibility index (Phi) is 4.93. The van der Waals surface area contributed by atoms with Gasteiger partial charge in [-0.15, -0.1) is 0 Å². The van der Waals surface area contributed by atoms with Crippen molar-refractivity contribution in [1.29, 1.82) is 0 Å². The van der Waals surface area contributed by atoms with Gasteiger partial charge in [-0.1, -0.05) is 41.4 Å². The Morgan fingerprint density at radius 1 is 1.00 bits per heavy atom. The minimum absolute atomic E-state index is 0.356. The maximum atomic E-state index is 12.6. The van der Waals surface area contributed by atoms with Gasteiger partial charge in [0.1, 0.15) is 6.29 Å². The number of fused-ring (bicyclic) bond motifs is 1. The van der Waals surface area contributed by atoms with Crippen molar-refractivity contribution in [3.63, 3.8) is 0 Å². The lowest BCUT2D eigenvalue weighted by Crippen LogP contribution is -2.43. The van der Waals surface area contributed by atoms with Crippen molar-refractivity contribution < 1.29 is 14.4 Å². The van der Waals surface area contributed by atoms with E-state index in [1.165, 1.54) is 4.90 Å². The lowest BCUT2D eigenvalue weighted by molar-refractivity contribution is -0.112. The van der Waals surface area contributed by atoms with Crippen LogP contribution in [0.25, 0.3) is 0 Å². The van der Waals surface area contributed by atoms with Gasteiger partial charge in [-0.2, -0.15) is 0 Å². The summed E-state index contributed by atoms with van der Waals surface area (Å²) in [5.41, 5.74) is 1.56. The Bertz CT molecular complexity index is 830. The topological polar surface area (TPSA) is 54.5 Å². The van der Waals surface area contributed by atoms with Crippen LogP contribution in [0, 0.1) is 5.92 Å². The summed E-state index contributed by atoms with van der Waals surface area (Å²) in [7, 11) is 0. The van der Waals surface area contributed by atoms with E-state index in [1.807, 2.05) is 0 Å². The van der Waals surface area contributed by atoms with Crippen LogP contribution in [0.5, 0.6) is 0 Å². The quantitative estimate of drug-likeness (QED) is 0.585. The highest BCUT2D eigenvalue weighted by molar-refractivity contribution is 6.42. The van der Waals surface area contributed by atoms with Gasteiger partial charge in [-0.3, -0.25) is 14.5 Å². The standard InChI is InChI=1S/C19H15Cl2NO3/c1-11(13(10-23)8-12-6-7-16(20)17(21)9-12)22-18(24)14-4-2-3-5-15(14)19(22)25/h2-7,9-11,13H,8H2,1H3. The number of hydrogen-bond donors (Lipinski definition) is 0. The molecule has 1 aliphatic rings. The second-order valence-corrected chi connectivity index (χ2v) is 6.83. The first kappa shape index (κ1) is 17.6. The van der Waals surface area contributed by atoms with Crippen molar-refractivity contribution in [2.75, 3.05) is 0 Å². The molecule has 1 aliphatic heterocycles. The van der Waals surface area contributed by atoms with Gasteiger partial charge in [0.2, 0.25) is 0 Å². The maximum absolute atomic E-state index is 12.6. The SMILES string of the molecule is CC(C(C=O)Cc1ccc(Cl)c(Cl)c1)N1C(=O)c2ccccc2C1=O. The van der Waals surface area contributed by atoms with Gasteiger partial charge < -0.3 is 4.79 Å². The Hall–Kier alpha value is -2.17. The van der Waals surface area contributed by atoms with E-state index in [2.05, 4.69) is 0 Å². The Morgan fingerprint density at radius 3 is 2.12 bits per heavy atom. The number of imide groups is 1. The van der Waals surface area contributed by atoms with E-state index < -0.39 is 12.0 Å². The largest absolute Gasteiger partial charge is 0.303 e. The molecule has 4 nitrogen and oxygen atoms in total. The molecule has 128 valence electrons. The van der Waals surface area contributed by atoms with Crippen LogP contribution in [0.3, 0.4) is 0 Å². The third kappa shape index (κ3) is 3.20. The summed E-state index contributed by atoms with van der Waals surface area (Å²) < 4.78 is 0. The summed E-state index contributed by atoms with van der Waals surface area (Å²) in [6.45, 7) is 1.71. The van der Waals surface area contributed by atoms with Gasteiger partial charge in [-0.25, -0.2) is 0 Å². The fourth-order valence-corrected chi connectivity index (χ4v) is 3.36. The number of rotatable bonds is 5. The first-order valence-electron chi connectivity index (χ1n) is 7.80. The van der Waals surface area contributed by atoms with E-state index in [0.29, 0.717) is 27.6 Å². The van der Waals surface area contributed by atoms with Crippen LogP contribution in [-0.4, -0.2) is 29.0 Å². The number of nitrogens with zero attached hydrogens (tertiary/aromatic N) is 1. The summed E-state index contributed by atoms with van der Waals surface area (Å²) in [4.78, 5) is 37.9. The highest BCUT2D eigenvalue weighted by Gasteiger charge is 2.40. The molecule has 0 bridgehead atoms. The van der Waals surface area contributed by atoms with Crippen molar-refractivity contribution >= 4 is 41.3 Å². The average Bonchev–Trinajstić information content (AvgIpc) is 2.87. The van der Waals surface area contributed by atoms with Crippen LogP contribution in [-0.2, 0) is 11.2 Å². The molecule has 2 atom stereocenters. The van der Waals surface area contributed by atoms with Crippen molar-refractivity contribution in [3.05, 3.63) is 69.2 Å². The zero-order valence-electron chi connectivity index (χ0n) is 13.4. The smallest absolute Gasteiger partial charge is 0.261 e. The third-order valence-corrected chi connectivity index (χ3v) is 5.22. The second-order valence-electron chi connectivity index (χ2n) is 6.02. The lowest BCUT2D eigenvalue weighted by Gasteiger charge is -2.27. The number of carbonyl (C=O) groups is 3. The molecule has 6 heteroatoms. The van der Waals surface area contributed by atoms with Gasteiger partial charge in [0.05, 0.1) is 21.2 Å². The van der Waals surface area contributed by atoms with Crippen molar-refractivity contribution in [3.8, 4) is 0 Å². The van der Waals surface area contributed by atoms with Crippen LogP contribution >= 0.6 is 23.2 Å². The molecule has 2 aromatic carbocycles. The van der Waals surface area contributed by atoms with Crippen LogP contribution in [0.1, 0.15) is 33.2 Å². The normalized spacial score (nSPS) is 15.9. The molecule has 0 saturated carbocycles. The minimum Gasteiger partial charge on any atom is -0.303 e. The lowest BCUT2D eigenvalue weighted by atomic mass is 9.93. The first-order chi connectivity index (χ1) is 11.9. The molecule has 1 heterocycles. The van der Waals surface area contributed by atoms with Crippen LogP contribution in [0.4, 0.5) is 0 Å². The van der Waals surface area contributed by atoms with Gasteiger partial charge in [-0.05, 0) is 43.2 Å². The average molecular weight is 376 g/mol. The highest BCUT2D eigenvalue weighted by Crippen LogP contribution is 2.29. The molecular weight excluding hydrogens is 361 g/mol. The Balaban J connectivity index is 1.84. The van der Waals surface area contributed by atoms with E-state index in [9.17, 15) is 14.4 Å². The fourth-order valence-electron chi connectivity index (χ4n) is 3.04. The predicted octanol–water partition coefficient (Wildman–Crippen LogP) is 4.04. The molecule has 2 unspecified atom stereocenters. The molecule has 2 aromatic rings. The molecule has 0 radical (unpaired) electrons. The van der Waals surface area contributed by atoms with Gasteiger partial charge in [0.25, 0.3) is 11.8 Å². The van der Waals surface area contributed by atoms with Crippen LogP contribution < -0.4 is 0 Å². The third-order valence-electron chi connectivity index (χ3n) is 4.48. The molecule has 0 aromatic heterocycles. The molecule has 0 fully saturated rings. The molecule has 25 heavy (non-hydrogen) atoms. The fraction of sp³-hybridized carbons (Fsp3) is 0.211. The summed E-state index contributed by atoms with van der Waals surface area (Å²) in [5.74, 6) is -1.28. The van der Waals surface area contributed by atoms with E-state index in [1.54, 1.807) is 49.4 Å². The van der Waals surface area contributed by atoms with Crippen molar-refractivity contribution in [2.24, 2.45) is 5.92 Å². The Labute approximate surface area is 155 Å². The van der Waals surface area contributed by atoms with Crippen molar-refractivity contribution in [2.45, 2.75) is 19.4 Å². The summed E-state index contributed by atoms with van der Waals surface area (Å²) in [5, 5.41) is 0.832. The molecule has 0 saturated heterocycles. The van der Waals surface area contributed by atoms with Crippen LogP contribution in [0.15, 0.2) is 42.5 Å². The number of halogens is 2. The number of amides is 2. The van der Waals surface area contributed by atoms with E-state index in [4.69, 9.17) is 23.2 Å². The van der Waals surface area contributed by atoms with Gasteiger partial charge in [0.15, 0.2) is 0 Å². The number of aldehydes is 1. The minimum atomic E-state index is -0.570. The zero-order valence-corrected chi connectivity index (χ0v) is 14.9. The second kappa shape index (κ2) is 6.98. The predicted molar refractivity (Wildman–Crippen MR) is 96.1 cm³/mol. The Morgan fingerprint density at radius 2 is 1.60 bits per heavy atom. The number of carbonyl (C=O) groups excluding carboxylic acids is 3. The first-order valence-corrected chi connectivity index (χ1v) is 8.55. The zero-order chi connectivity index (χ0) is 18.1. The number of hydrogen-bond acceptors (Lipinski definition) is 3. The van der Waals surface area contributed by atoms with E-state index in [0.717, 1.165) is 11.8 Å². The molecule has 3 rings (SSSR count). The van der Waals surface area contributed by atoms with Gasteiger partial charge >= 0.3 is 0 Å². The van der Waals surface area contributed by atoms with E-state index >= 15 is 0 Å². The number of benzene rings is 2. The molecule has 2 amide bonds. The molecular formula is C19H15Cl2NO3. The van der Waals surface area contributed by atoms with Crippen molar-refractivity contribution in [1.82, 2.24) is 4.90 Å². The monoisotopic (exact) mass is 375 g/mol. The maximum Gasteiger partial charge on any atom is 0.261 e. The van der Waals surface area contributed by atoms with Crippen LogP contribution in [0.2, 0.25) is 10.0 Å². The summed E-state index contributed by atoms with van der Waals surface area (Å²) >= 11 is 11.9. The summed E-state index contributed by atoms with van der Waals surface area (Å²) in [6.07, 6.45) is 1.13. The van der Waals surface area contributed by atoms with E-state index in [-0.39, 0.29) is 11.8 Å². The highest BCUT2D eigenvalue weighted by atomic mass is 35.5. The molecule has 0 N–H and O–H groups in total. The molecule has 0 spiro atoms. The molecule has 0 aliphatic carbocycles. The van der Waals surface area contributed by atoms with Gasteiger partial charge in [0, 0.05) is 12.0 Å².